The standard InChI is InChI=1S/C14H24N2O4/c1-2-3-9(13(18)19)8-15-14(20)16-10-4-5-11(16)7-12(17)6-10/h9-12,17H,2-8H2,1H3,(H,15,20)(H,18,19). The molecule has 3 unspecified atom stereocenters. The summed E-state index contributed by atoms with van der Waals surface area (Å²) >= 11 is 0. The highest BCUT2D eigenvalue weighted by Crippen LogP contribution is 2.35. The first-order valence-corrected chi connectivity index (χ1v) is 7.50. The lowest BCUT2D eigenvalue weighted by molar-refractivity contribution is -0.141. The number of aliphatic hydroxyl groups is 1. The second kappa shape index (κ2) is 6.43. The van der Waals surface area contributed by atoms with Crippen LogP contribution in [0.15, 0.2) is 0 Å². The molecule has 0 aromatic carbocycles. The Morgan fingerprint density at radius 2 is 1.90 bits per heavy atom. The normalized spacial score (nSPS) is 30.1. The van der Waals surface area contributed by atoms with Crippen molar-refractivity contribution in [3.8, 4) is 0 Å². The molecule has 20 heavy (non-hydrogen) atoms. The van der Waals surface area contributed by atoms with Gasteiger partial charge in [0.25, 0.3) is 0 Å². The van der Waals surface area contributed by atoms with Gasteiger partial charge in [-0.05, 0) is 32.1 Å². The van der Waals surface area contributed by atoms with E-state index in [0.29, 0.717) is 19.3 Å². The number of rotatable bonds is 5. The van der Waals surface area contributed by atoms with Crippen molar-refractivity contribution in [1.82, 2.24) is 10.2 Å². The maximum atomic E-state index is 12.2. The van der Waals surface area contributed by atoms with E-state index >= 15 is 0 Å². The zero-order valence-corrected chi connectivity index (χ0v) is 11.9. The van der Waals surface area contributed by atoms with Crippen molar-refractivity contribution in [3.05, 3.63) is 0 Å². The van der Waals surface area contributed by atoms with E-state index in [-0.39, 0.29) is 30.8 Å². The van der Waals surface area contributed by atoms with Gasteiger partial charge in [-0.25, -0.2) is 4.79 Å². The fourth-order valence-electron chi connectivity index (χ4n) is 3.44. The SMILES string of the molecule is CCCC(CNC(=O)N1C2CCC1CC(O)C2)C(=O)O. The van der Waals surface area contributed by atoms with Crippen LogP contribution in [0.5, 0.6) is 0 Å². The van der Waals surface area contributed by atoms with Crippen LogP contribution in [0.1, 0.15) is 45.4 Å². The first kappa shape index (κ1) is 15.1. The summed E-state index contributed by atoms with van der Waals surface area (Å²) < 4.78 is 0. The number of urea groups is 1. The molecule has 2 rings (SSSR count). The molecule has 0 aromatic heterocycles. The molecule has 2 aliphatic heterocycles. The predicted molar refractivity (Wildman–Crippen MR) is 73.3 cm³/mol. The van der Waals surface area contributed by atoms with E-state index in [1.54, 1.807) is 0 Å². The molecule has 0 saturated carbocycles. The second-order valence-electron chi connectivity index (χ2n) is 5.93. The van der Waals surface area contributed by atoms with Crippen LogP contribution in [-0.4, -0.2) is 51.8 Å². The van der Waals surface area contributed by atoms with Crippen LogP contribution in [0.4, 0.5) is 4.79 Å². The lowest BCUT2D eigenvalue weighted by atomic mass is 10.0. The van der Waals surface area contributed by atoms with Gasteiger partial charge in [0.05, 0.1) is 12.0 Å². The molecule has 2 bridgehead atoms. The highest BCUT2D eigenvalue weighted by atomic mass is 16.4. The van der Waals surface area contributed by atoms with Gasteiger partial charge in [0.1, 0.15) is 0 Å². The maximum absolute atomic E-state index is 12.2. The monoisotopic (exact) mass is 284 g/mol. The van der Waals surface area contributed by atoms with Crippen LogP contribution in [0, 0.1) is 5.92 Å². The van der Waals surface area contributed by atoms with Gasteiger partial charge in [0, 0.05) is 18.6 Å². The highest BCUT2D eigenvalue weighted by Gasteiger charge is 2.42. The molecule has 2 fully saturated rings. The van der Waals surface area contributed by atoms with E-state index in [4.69, 9.17) is 5.11 Å². The average molecular weight is 284 g/mol. The summed E-state index contributed by atoms with van der Waals surface area (Å²) in [7, 11) is 0. The molecule has 0 radical (unpaired) electrons. The highest BCUT2D eigenvalue weighted by molar-refractivity contribution is 5.77. The van der Waals surface area contributed by atoms with E-state index in [0.717, 1.165) is 19.3 Å². The topological polar surface area (TPSA) is 89.9 Å². The third-order valence-electron chi connectivity index (χ3n) is 4.43. The number of fused-ring (bicyclic) bond motifs is 2. The zero-order chi connectivity index (χ0) is 14.7. The van der Waals surface area contributed by atoms with Gasteiger partial charge in [0.2, 0.25) is 0 Å². The Bertz CT molecular complexity index is 360. The second-order valence-corrected chi connectivity index (χ2v) is 5.93. The molecule has 0 spiro atoms. The van der Waals surface area contributed by atoms with Crippen molar-refractivity contribution in [2.75, 3.05) is 6.54 Å². The summed E-state index contributed by atoms with van der Waals surface area (Å²) in [6.07, 6.45) is 4.21. The molecular weight excluding hydrogens is 260 g/mol. The molecule has 2 aliphatic rings. The molecule has 6 heteroatoms. The Kier molecular flexibility index (Phi) is 4.86. The van der Waals surface area contributed by atoms with Crippen molar-refractivity contribution in [1.29, 1.82) is 0 Å². The number of aliphatic carboxylic acids is 1. The third-order valence-corrected chi connectivity index (χ3v) is 4.43. The summed E-state index contributed by atoms with van der Waals surface area (Å²) in [5.41, 5.74) is 0. The van der Waals surface area contributed by atoms with Crippen molar-refractivity contribution in [3.63, 3.8) is 0 Å². The van der Waals surface area contributed by atoms with Crippen LogP contribution in [0.3, 0.4) is 0 Å². The molecule has 3 N–H and O–H groups in total. The number of carboxylic acids is 1. The van der Waals surface area contributed by atoms with E-state index in [1.807, 2.05) is 11.8 Å². The Hall–Kier alpha value is -1.30. The quantitative estimate of drug-likeness (QED) is 0.707. The first-order chi connectivity index (χ1) is 9.52. The number of carbonyl (C=O) groups excluding carboxylic acids is 1. The molecule has 2 saturated heterocycles. The Morgan fingerprint density at radius 3 is 2.40 bits per heavy atom. The van der Waals surface area contributed by atoms with Crippen LogP contribution in [0.25, 0.3) is 0 Å². The molecule has 0 aliphatic carbocycles. The molecule has 6 nitrogen and oxygen atoms in total. The van der Waals surface area contributed by atoms with Crippen LogP contribution < -0.4 is 5.32 Å². The molecule has 114 valence electrons. The van der Waals surface area contributed by atoms with Gasteiger partial charge in [0.15, 0.2) is 0 Å². The number of amides is 2. The minimum atomic E-state index is -0.857. The fourth-order valence-corrected chi connectivity index (χ4v) is 3.44. The number of aliphatic hydroxyl groups excluding tert-OH is 1. The average Bonchev–Trinajstić information content (AvgIpc) is 2.66. The Morgan fingerprint density at radius 1 is 1.30 bits per heavy atom. The lowest BCUT2D eigenvalue weighted by Gasteiger charge is -2.37. The van der Waals surface area contributed by atoms with Gasteiger partial charge in [-0.1, -0.05) is 13.3 Å². The maximum Gasteiger partial charge on any atom is 0.317 e. The van der Waals surface area contributed by atoms with Crippen LogP contribution in [0.2, 0.25) is 0 Å². The van der Waals surface area contributed by atoms with Gasteiger partial charge in [-0.2, -0.15) is 0 Å². The van der Waals surface area contributed by atoms with Gasteiger partial charge in [-0.3, -0.25) is 4.79 Å². The largest absolute Gasteiger partial charge is 0.481 e. The van der Waals surface area contributed by atoms with Crippen LogP contribution in [-0.2, 0) is 4.79 Å². The smallest absolute Gasteiger partial charge is 0.317 e. The molecule has 2 heterocycles. The van der Waals surface area contributed by atoms with Gasteiger partial charge in [-0.15, -0.1) is 0 Å². The Balaban J connectivity index is 1.87. The van der Waals surface area contributed by atoms with Gasteiger partial charge < -0.3 is 20.4 Å². The van der Waals surface area contributed by atoms with Crippen LogP contribution >= 0.6 is 0 Å². The molecule has 0 aromatic rings. The first-order valence-electron chi connectivity index (χ1n) is 7.50. The zero-order valence-electron chi connectivity index (χ0n) is 11.9. The van der Waals surface area contributed by atoms with E-state index in [1.165, 1.54) is 0 Å². The number of carboxylic acid groups (broad SMARTS) is 1. The summed E-state index contributed by atoms with van der Waals surface area (Å²) in [6, 6.07) is 0.0446. The summed E-state index contributed by atoms with van der Waals surface area (Å²) in [5.74, 6) is -1.37. The minimum absolute atomic E-state index is 0.109. The van der Waals surface area contributed by atoms with E-state index in [2.05, 4.69) is 5.32 Å². The number of hydrogen-bond acceptors (Lipinski definition) is 3. The van der Waals surface area contributed by atoms with Gasteiger partial charge >= 0.3 is 12.0 Å². The van der Waals surface area contributed by atoms with E-state index in [9.17, 15) is 14.7 Å². The minimum Gasteiger partial charge on any atom is -0.481 e. The predicted octanol–water partition coefficient (Wildman–Crippen LogP) is 1.18. The number of carbonyl (C=O) groups is 2. The third kappa shape index (κ3) is 3.23. The number of hydrogen-bond donors (Lipinski definition) is 3. The number of piperidine rings is 1. The summed E-state index contributed by atoms with van der Waals surface area (Å²) in [5, 5.41) is 21.6. The van der Waals surface area contributed by atoms with Crippen molar-refractivity contribution in [2.45, 2.75) is 63.6 Å². The van der Waals surface area contributed by atoms with Crippen molar-refractivity contribution >= 4 is 12.0 Å². The fraction of sp³-hybridized carbons (Fsp3) is 0.857. The number of nitrogens with zero attached hydrogens (tertiary/aromatic N) is 1. The van der Waals surface area contributed by atoms with E-state index < -0.39 is 11.9 Å². The Labute approximate surface area is 119 Å². The molecular formula is C14H24N2O4. The lowest BCUT2D eigenvalue weighted by Crippen LogP contribution is -2.52. The molecule has 2 amide bonds. The van der Waals surface area contributed by atoms with Crippen molar-refractivity contribution in [2.24, 2.45) is 5.92 Å². The molecule has 3 atom stereocenters. The summed E-state index contributed by atoms with van der Waals surface area (Å²) in [6.45, 7) is 2.12. The summed E-state index contributed by atoms with van der Waals surface area (Å²) in [4.78, 5) is 25.1. The van der Waals surface area contributed by atoms with Crippen molar-refractivity contribution < 1.29 is 19.8 Å². The number of nitrogens with one attached hydrogen (secondary N) is 1.